The van der Waals surface area contributed by atoms with Crippen LogP contribution in [0.2, 0.25) is 0 Å². The Morgan fingerprint density at radius 3 is 2.82 bits per heavy atom. The Morgan fingerprint density at radius 1 is 1.53 bits per heavy atom. The summed E-state index contributed by atoms with van der Waals surface area (Å²) < 4.78 is 0. The molecule has 0 saturated carbocycles. The minimum Gasteiger partial charge on any atom is -0.481 e. The summed E-state index contributed by atoms with van der Waals surface area (Å²) >= 11 is 0. The van der Waals surface area contributed by atoms with Gasteiger partial charge in [-0.1, -0.05) is 31.2 Å². The quantitative estimate of drug-likeness (QED) is 0.864. The van der Waals surface area contributed by atoms with Crippen molar-refractivity contribution in [2.45, 2.75) is 19.3 Å². The molecular formula is C14H19NO2. The van der Waals surface area contributed by atoms with Gasteiger partial charge >= 0.3 is 5.97 Å². The number of hydrogen-bond acceptors (Lipinski definition) is 2. The van der Waals surface area contributed by atoms with Crippen LogP contribution in [0.1, 0.15) is 24.0 Å². The Balaban J connectivity index is 2.04. The van der Waals surface area contributed by atoms with Crippen LogP contribution in [-0.2, 0) is 11.2 Å². The van der Waals surface area contributed by atoms with E-state index in [1.807, 2.05) is 12.1 Å². The molecule has 0 bridgehead atoms. The molecule has 1 atom stereocenters. The molecule has 1 N–H and O–H groups in total. The Hall–Kier alpha value is -1.35. The summed E-state index contributed by atoms with van der Waals surface area (Å²) in [7, 11) is 2.12. The number of likely N-dealkylation sites (N-methyl/N-ethyl adjacent to an activating group) is 1. The lowest BCUT2D eigenvalue weighted by molar-refractivity contribution is -0.141. The zero-order valence-electron chi connectivity index (χ0n) is 10.4. The monoisotopic (exact) mass is 233 g/mol. The van der Waals surface area contributed by atoms with Crippen LogP contribution in [0.15, 0.2) is 24.3 Å². The molecule has 0 aromatic heterocycles. The van der Waals surface area contributed by atoms with Gasteiger partial charge in [0.1, 0.15) is 0 Å². The molecule has 17 heavy (non-hydrogen) atoms. The number of aliphatic carboxylic acids is 1. The molecule has 1 heterocycles. The van der Waals surface area contributed by atoms with Gasteiger partial charge in [-0.05, 0) is 24.6 Å². The first kappa shape index (κ1) is 12.1. The molecule has 1 aliphatic heterocycles. The highest BCUT2D eigenvalue weighted by Gasteiger charge is 2.24. The average Bonchev–Trinajstić information content (AvgIpc) is 2.25. The summed E-state index contributed by atoms with van der Waals surface area (Å²) in [5, 5.41) is 8.91. The number of carboxylic acid groups (broad SMARTS) is 1. The van der Waals surface area contributed by atoms with E-state index in [-0.39, 0.29) is 5.92 Å². The summed E-state index contributed by atoms with van der Waals surface area (Å²) in [6.07, 6.45) is 0.617. The molecule has 1 aromatic rings. The molecule has 0 spiro atoms. The van der Waals surface area contributed by atoms with Gasteiger partial charge in [-0.3, -0.25) is 4.79 Å². The van der Waals surface area contributed by atoms with Gasteiger partial charge in [0.25, 0.3) is 0 Å². The number of rotatable bonds is 4. The SMILES string of the molecule is CC(Cc1cccc(C2CN(C)C2)c1)C(=O)O. The van der Waals surface area contributed by atoms with E-state index in [2.05, 4.69) is 24.1 Å². The molecule has 0 aliphatic carbocycles. The fraction of sp³-hybridized carbons (Fsp3) is 0.500. The second kappa shape index (κ2) is 4.88. The maximum Gasteiger partial charge on any atom is 0.306 e. The zero-order chi connectivity index (χ0) is 12.4. The first-order valence-electron chi connectivity index (χ1n) is 6.06. The maximum absolute atomic E-state index is 10.8. The van der Waals surface area contributed by atoms with Gasteiger partial charge in [0, 0.05) is 19.0 Å². The molecule has 3 nitrogen and oxygen atoms in total. The van der Waals surface area contributed by atoms with Gasteiger partial charge < -0.3 is 10.0 Å². The van der Waals surface area contributed by atoms with Crippen LogP contribution in [0.4, 0.5) is 0 Å². The molecule has 1 aliphatic rings. The topological polar surface area (TPSA) is 40.5 Å². The Labute approximate surface area is 102 Å². The van der Waals surface area contributed by atoms with Crippen LogP contribution in [-0.4, -0.2) is 36.1 Å². The number of hydrogen-bond donors (Lipinski definition) is 1. The van der Waals surface area contributed by atoms with Crippen molar-refractivity contribution < 1.29 is 9.90 Å². The van der Waals surface area contributed by atoms with Gasteiger partial charge in [-0.2, -0.15) is 0 Å². The van der Waals surface area contributed by atoms with E-state index in [1.165, 1.54) is 5.56 Å². The fourth-order valence-electron chi connectivity index (χ4n) is 2.32. The largest absolute Gasteiger partial charge is 0.481 e. The lowest BCUT2D eigenvalue weighted by Gasteiger charge is -2.36. The molecule has 3 heteroatoms. The minimum absolute atomic E-state index is 0.311. The van der Waals surface area contributed by atoms with Gasteiger partial charge in [0.15, 0.2) is 0 Å². The lowest BCUT2D eigenvalue weighted by Crippen LogP contribution is -2.41. The summed E-state index contributed by atoms with van der Waals surface area (Å²) in [5.74, 6) is -0.409. The van der Waals surface area contributed by atoms with Crippen molar-refractivity contribution >= 4 is 5.97 Å². The van der Waals surface area contributed by atoms with Crippen LogP contribution < -0.4 is 0 Å². The highest BCUT2D eigenvalue weighted by molar-refractivity contribution is 5.69. The molecule has 1 aromatic carbocycles. The zero-order valence-corrected chi connectivity index (χ0v) is 10.4. The summed E-state index contributed by atoms with van der Waals surface area (Å²) in [4.78, 5) is 13.1. The second-order valence-corrected chi connectivity index (χ2v) is 5.11. The predicted octanol–water partition coefficient (Wildman–Crippen LogP) is 1.98. The Morgan fingerprint density at radius 2 is 2.24 bits per heavy atom. The Kier molecular flexibility index (Phi) is 3.48. The number of likely N-dealkylation sites (tertiary alicyclic amines) is 1. The molecule has 0 amide bonds. The number of carboxylic acids is 1. The average molecular weight is 233 g/mol. The van der Waals surface area contributed by atoms with E-state index in [1.54, 1.807) is 6.92 Å². The van der Waals surface area contributed by atoms with Crippen molar-refractivity contribution in [3.63, 3.8) is 0 Å². The summed E-state index contributed by atoms with van der Waals surface area (Å²) in [6, 6.07) is 8.37. The normalized spacial score (nSPS) is 18.7. The fourth-order valence-corrected chi connectivity index (χ4v) is 2.32. The van der Waals surface area contributed by atoms with Gasteiger partial charge in [0.05, 0.1) is 5.92 Å². The van der Waals surface area contributed by atoms with Crippen molar-refractivity contribution in [2.24, 2.45) is 5.92 Å². The van der Waals surface area contributed by atoms with Crippen molar-refractivity contribution in [3.8, 4) is 0 Å². The molecule has 1 unspecified atom stereocenters. The molecule has 1 fully saturated rings. The van der Waals surface area contributed by atoms with E-state index >= 15 is 0 Å². The molecule has 2 rings (SSSR count). The highest BCUT2D eigenvalue weighted by atomic mass is 16.4. The van der Waals surface area contributed by atoms with Gasteiger partial charge in [0.2, 0.25) is 0 Å². The minimum atomic E-state index is -0.723. The summed E-state index contributed by atoms with van der Waals surface area (Å²) in [5.41, 5.74) is 2.48. The third kappa shape index (κ3) is 2.86. The van der Waals surface area contributed by atoms with Crippen molar-refractivity contribution in [2.75, 3.05) is 20.1 Å². The Bertz CT molecular complexity index is 410. The maximum atomic E-state index is 10.8. The van der Waals surface area contributed by atoms with E-state index in [9.17, 15) is 4.79 Å². The third-order valence-electron chi connectivity index (χ3n) is 3.45. The number of nitrogens with zero attached hydrogens (tertiary/aromatic N) is 1. The van der Waals surface area contributed by atoms with E-state index in [0.29, 0.717) is 12.3 Å². The molecular weight excluding hydrogens is 214 g/mol. The van der Waals surface area contributed by atoms with Crippen molar-refractivity contribution in [1.82, 2.24) is 4.90 Å². The smallest absolute Gasteiger partial charge is 0.306 e. The standard InChI is InChI=1S/C14H19NO2/c1-10(14(16)17)6-11-4-3-5-12(7-11)13-8-15(2)9-13/h3-5,7,10,13H,6,8-9H2,1-2H3,(H,16,17). The first-order chi connectivity index (χ1) is 8.06. The van der Waals surface area contributed by atoms with Crippen LogP contribution >= 0.6 is 0 Å². The van der Waals surface area contributed by atoms with Crippen molar-refractivity contribution in [1.29, 1.82) is 0 Å². The lowest BCUT2D eigenvalue weighted by atomic mass is 9.89. The van der Waals surface area contributed by atoms with Crippen LogP contribution in [0.25, 0.3) is 0 Å². The summed E-state index contributed by atoms with van der Waals surface area (Å²) in [6.45, 7) is 3.97. The van der Waals surface area contributed by atoms with Gasteiger partial charge in [-0.15, -0.1) is 0 Å². The van der Waals surface area contributed by atoms with E-state index in [0.717, 1.165) is 18.7 Å². The highest BCUT2D eigenvalue weighted by Crippen LogP contribution is 2.26. The molecule has 1 saturated heterocycles. The van der Waals surface area contributed by atoms with Crippen LogP contribution in [0, 0.1) is 5.92 Å². The van der Waals surface area contributed by atoms with Crippen molar-refractivity contribution in [3.05, 3.63) is 35.4 Å². The van der Waals surface area contributed by atoms with Crippen LogP contribution in [0.5, 0.6) is 0 Å². The van der Waals surface area contributed by atoms with Crippen LogP contribution in [0.3, 0.4) is 0 Å². The second-order valence-electron chi connectivity index (χ2n) is 5.11. The number of benzene rings is 1. The first-order valence-corrected chi connectivity index (χ1v) is 6.06. The predicted molar refractivity (Wildman–Crippen MR) is 67.2 cm³/mol. The number of carbonyl (C=O) groups is 1. The van der Waals surface area contributed by atoms with E-state index < -0.39 is 5.97 Å². The van der Waals surface area contributed by atoms with E-state index in [4.69, 9.17) is 5.11 Å². The molecule has 0 radical (unpaired) electrons. The molecule has 92 valence electrons. The van der Waals surface area contributed by atoms with Gasteiger partial charge in [-0.25, -0.2) is 0 Å². The third-order valence-corrected chi connectivity index (χ3v) is 3.45.